The van der Waals surface area contributed by atoms with Crippen molar-refractivity contribution >= 4 is 39.6 Å². The lowest BCUT2D eigenvalue weighted by Crippen LogP contribution is -2.25. The second kappa shape index (κ2) is 8.25. The highest BCUT2D eigenvalue weighted by Crippen LogP contribution is 2.46. The third-order valence-electron chi connectivity index (χ3n) is 6.96. The van der Waals surface area contributed by atoms with Crippen molar-refractivity contribution in [2.75, 3.05) is 12.4 Å². The smallest absolute Gasteiger partial charge is 0.211 e. The molecule has 0 spiro atoms. The number of benzene rings is 3. The first-order valence-electron chi connectivity index (χ1n) is 11.9. The number of rotatable bonds is 4. The van der Waals surface area contributed by atoms with Gasteiger partial charge in [-0.2, -0.15) is 0 Å². The lowest BCUT2D eigenvalue weighted by Gasteiger charge is -2.29. The van der Waals surface area contributed by atoms with Gasteiger partial charge in [0.1, 0.15) is 23.4 Å². The molecular formula is C30H21ClN4O2. The zero-order valence-electron chi connectivity index (χ0n) is 19.9. The van der Waals surface area contributed by atoms with Gasteiger partial charge in [0.2, 0.25) is 5.78 Å². The molecule has 1 N–H and O–H groups in total. The molecule has 3 aromatic heterocycles. The van der Waals surface area contributed by atoms with Crippen molar-refractivity contribution in [3.8, 4) is 17.1 Å². The number of imidazole rings is 1. The van der Waals surface area contributed by atoms with E-state index in [0.29, 0.717) is 22.0 Å². The zero-order chi connectivity index (χ0) is 25.1. The summed E-state index contributed by atoms with van der Waals surface area (Å²) in [5, 5.41) is 4.38. The van der Waals surface area contributed by atoms with E-state index in [2.05, 4.69) is 16.0 Å². The van der Waals surface area contributed by atoms with Crippen LogP contribution < -0.4 is 10.1 Å². The Bertz CT molecular complexity index is 1820. The van der Waals surface area contributed by atoms with E-state index in [1.165, 1.54) is 0 Å². The van der Waals surface area contributed by atoms with Crippen molar-refractivity contribution in [1.82, 2.24) is 14.0 Å². The van der Waals surface area contributed by atoms with Crippen molar-refractivity contribution in [3.63, 3.8) is 0 Å². The topological polar surface area (TPSA) is 60.6 Å². The summed E-state index contributed by atoms with van der Waals surface area (Å²) in [4.78, 5) is 19.1. The minimum Gasteiger partial charge on any atom is -0.497 e. The Labute approximate surface area is 217 Å². The average molecular weight is 505 g/mol. The summed E-state index contributed by atoms with van der Waals surface area (Å²) < 4.78 is 9.45. The van der Waals surface area contributed by atoms with Gasteiger partial charge in [-0.25, -0.2) is 4.98 Å². The molecule has 6 nitrogen and oxygen atoms in total. The van der Waals surface area contributed by atoms with Crippen LogP contribution in [0.2, 0.25) is 5.02 Å². The van der Waals surface area contributed by atoms with Crippen LogP contribution in [0.15, 0.2) is 97.2 Å². The Morgan fingerprint density at radius 3 is 2.43 bits per heavy atom. The van der Waals surface area contributed by atoms with Crippen LogP contribution in [0.25, 0.3) is 27.9 Å². The molecule has 4 heterocycles. The Balaban J connectivity index is 1.52. The summed E-state index contributed by atoms with van der Waals surface area (Å²) in [7, 11) is 1.61. The molecule has 0 fully saturated rings. The van der Waals surface area contributed by atoms with E-state index >= 15 is 0 Å². The highest BCUT2D eigenvalue weighted by Gasteiger charge is 2.35. The molecule has 6 aromatic rings. The van der Waals surface area contributed by atoms with Gasteiger partial charge in [-0.15, -0.1) is 0 Å². The number of methoxy groups -OCH3 is 1. The quantitative estimate of drug-likeness (QED) is 0.267. The Kier molecular flexibility index (Phi) is 4.84. The summed E-state index contributed by atoms with van der Waals surface area (Å²) in [6.45, 7) is 0. The molecule has 3 aromatic carbocycles. The summed E-state index contributed by atoms with van der Waals surface area (Å²) >= 11 is 6.22. The van der Waals surface area contributed by atoms with E-state index in [4.69, 9.17) is 21.3 Å². The van der Waals surface area contributed by atoms with Crippen LogP contribution >= 0.6 is 11.6 Å². The molecule has 1 aliphatic rings. The predicted molar refractivity (Wildman–Crippen MR) is 146 cm³/mol. The number of pyridine rings is 1. The molecular weight excluding hydrogens is 484 g/mol. The van der Waals surface area contributed by atoms with Crippen LogP contribution in [-0.2, 0) is 0 Å². The number of ether oxygens (including phenoxy) is 1. The highest BCUT2D eigenvalue weighted by atomic mass is 35.5. The van der Waals surface area contributed by atoms with Gasteiger partial charge in [0.15, 0.2) is 0 Å². The van der Waals surface area contributed by atoms with Gasteiger partial charge in [0.05, 0.1) is 34.9 Å². The number of anilines is 1. The lowest BCUT2D eigenvalue weighted by atomic mass is 10.0. The summed E-state index contributed by atoms with van der Waals surface area (Å²) in [5.41, 5.74) is 6.63. The van der Waals surface area contributed by atoms with E-state index in [-0.39, 0.29) is 11.9 Å². The molecule has 0 amide bonds. The van der Waals surface area contributed by atoms with Crippen molar-refractivity contribution in [2.24, 2.45) is 0 Å². The van der Waals surface area contributed by atoms with Crippen LogP contribution in [0.3, 0.4) is 0 Å². The monoisotopic (exact) mass is 504 g/mol. The first-order valence-corrected chi connectivity index (χ1v) is 12.3. The number of hydrogen-bond acceptors (Lipinski definition) is 4. The second-order valence-corrected chi connectivity index (χ2v) is 9.44. The molecule has 180 valence electrons. The van der Waals surface area contributed by atoms with Crippen LogP contribution in [-0.4, -0.2) is 26.8 Å². The summed E-state index contributed by atoms with van der Waals surface area (Å²) in [5.74, 6) is 1.43. The highest BCUT2D eigenvalue weighted by molar-refractivity contribution is 6.30. The second-order valence-electron chi connectivity index (χ2n) is 9.00. The molecule has 7 heteroatoms. The van der Waals surface area contributed by atoms with E-state index in [0.717, 1.165) is 39.2 Å². The number of halogens is 1. The van der Waals surface area contributed by atoms with Crippen LogP contribution in [0, 0.1) is 0 Å². The Hall–Kier alpha value is -4.55. The van der Waals surface area contributed by atoms with Gasteiger partial charge in [0.25, 0.3) is 0 Å². The summed E-state index contributed by atoms with van der Waals surface area (Å²) in [6, 6.07) is 29.0. The fourth-order valence-electron chi connectivity index (χ4n) is 5.24. The molecule has 37 heavy (non-hydrogen) atoms. The normalized spacial score (nSPS) is 14.3. The number of carbonyl (C=O) groups excluding carboxylic acids is 1. The SMILES string of the molecule is COc1ccc(C(=O)c2c3c(c4ccccn24)-c2nc4ccccc4n2C(c2ccc(Cl)cc2)N3)cc1. The van der Waals surface area contributed by atoms with Gasteiger partial charge in [-0.1, -0.05) is 41.9 Å². The van der Waals surface area contributed by atoms with Gasteiger partial charge in [-0.05, 0) is 66.2 Å². The van der Waals surface area contributed by atoms with E-state index < -0.39 is 0 Å². The predicted octanol–water partition coefficient (Wildman–Crippen LogP) is 6.82. The average Bonchev–Trinajstić information content (AvgIpc) is 3.49. The number of nitrogens with zero attached hydrogens (tertiary/aromatic N) is 3. The van der Waals surface area contributed by atoms with Crippen molar-refractivity contribution in [2.45, 2.75) is 6.17 Å². The standard InChI is InChI=1S/C30H21ClN4O2/c1-37-21-15-11-18(12-16-21)28(36)27-26-25(24-8-4-5-17-34(24)27)30-32-22-6-2-3-7-23(22)35(30)29(33-26)19-9-13-20(31)14-10-19/h2-17,29,33H,1H3. The third kappa shape index (κ3) is 3.26. The van der Waals surface area contributed by atoms with Crippen molar-refractivity contribution in [1.29, 1.82) is 0 Å². The van der Waals surface area contributed by atoms with Gasteiger partial charge in [-0.3, -0.25) is 9.36 Å². The molecule has 7 rings (SSSR count). The molecule has 0 aliphatic carbocycles. The van der Waals surface area contributed by atoms with E-state index in [9.17, 15) is 4.79 Å². The van der Waals surface area contributed by atoms with E-state index in [1.54, 1.807) is 31.4 Å². The van der Waals surface area contributed by atoms with Gasteiger partial charge in [0, 0.05) is 16.8 Å². The fourth-order valence-corrected chi connectivity index (χ4v) is 5.36. The minimum atomic E-state index is -0.285. The summed E-state index contributed by atoms with van der Waals surface area (Å²) in [6.07, 6.45) is 1.64. The minimum absolute atomic E-state index is 0.0861. The largest absolute Gasteiger partial charge is 0.497 e. The van der Waals surface area contributed by atoms with Gasteiger partial charge < -0.3 is 14.5 Å². The first kappa shape index (κ1) is 21.7. The lowest BCUT2D eigenvalue weighted by molar-refractivity contribution is 0.103. The number of hydrogen-bond donors (Lipinski definition) is 1. The number of para-hydroxylation sites is 2. The molecule has 0 radical (unpaired) electrons. The number of carbonyl (C=O) groups is 1. The number of ketones is 1. The number of aromatic nitrogens is 3. The molecule has 1 unspecified atom stereocenters. The zero-order valence-corrected chi connectivity index (χ0v) is 20.6. The molecule has 1 atom stereocenters. The van der Waals surface area contributed by atoms with Crippen molar-refractivity contribution in [3.05, 3.63) is 119 Å². The number of fused-ring (bicyclic) bond motifs is 7. The van der Waals surface area contributed by atoms with E-state index in [1.807, 2.05) is 71.3 Å². The number of nitrogens with one attached hydrogen (secondary N) is 1. The van der Waals surface area contributed by atoms with Gasteiger partial charge >= 0.3 is 0 Å². The molecule has 0 saturated carbocycles. The fraction of sp³-hybridized carbons (Fsp3) is 0.0667. The first-order chi connectivity index (χ1) is 18.1. The van der Waals surface area contributed by atoms with Crippen LogP contribution in [0.5, 0.6) is 5.75 Å². The Morgan fingerprint density at radius 2 is 1.65 bits per heavy atom. The Morgan fingerprint density at radius 1 is 0.919 bits per heavy atom. The maximum atomic E-state index is 14.0. The molecule has 1 aliphatic heterocycles. The van der Waals surface area contributed by atoms with Crippen LogP contribution in [0.1, 0.15) is 27.8 Å². The molecule has 0 bridgehead atoms. The maximum Gasteiger partial charge on any atom is 0.211 e. The molecule has 0 saturated heterocycles. The third-order valence-corrected chi connectivity index (χ3v) is 7.21. The van der Waals surface area contributed by atoms with Crippen LogP contribution in [0.4, 0.5) is 5.69 Å². The van der Waals surface area contributed by atoms with Crippen molar-refractivity contribution < 1.29 is 9.53 Å². The maximum absolute atomic E-state index is 14.0.